The number of aliphatic hydroxyl groups excluding tert-OH is 1. The second kappa shape index (κ2) is 7.58. The van der Waals surface area contributed by atoms with E-state index in [-0.39, 0.29) is 0 Å². The quantitative estimate of drug-likeness (QED) is 0.504. The standard InChI is InChI=1S/C18H20N4O2S/c1-4-22(12(2)23)14-7-5-13(6-8-14)20-21-18-19-16-10-9-15(24-3)11-17(16)25-18/h5-12,23H,4H2,1-3H3/b21-20+. The fraction of sp³-hybridized carbons (Fsp3) is 0.278. The normalized spacial score (nSPS) is 12.6. The second-order valence-corrected chi connectivity index (χ2v) is 6.47. The Balaban J connectivity index is 1.77. The van der Waals surface area contributed by atoms with E-state index < -0.39 is 6.23 Å². The lowest BCUT2D eigenvalue weighted by Gasteiger charge is -2.26. The van der Waals surface area contributed by atoms with E-state index in [1.165, 1.54) is 11.3 Å². The van der Waals surface area contributed by atoms with E-state index in [0.29, 0.717) is 5.13 Å². The molecule has 3 aromatic rings. The van der Waals surface area contributed by atoms with Gasteiger partial charge in [-0.1, -0.05) is 11.3 Å². The van der Waals surface area contributed by atoms with Gasteiger partial charge < -0.3 is 14.7 Å². The van der Waals surface area contributed by atoms with Crippen molar-refractivity contribution in [3.05, 3.63) is 42.5 Å². The summed E-state index contributed by atoms with van der Waals surface area (Å²) in [6, 6.07) is 13.3. The summed E-state index contributed by atoms with van der Waals surface area (Å²) >= 11 is 1.47. The highest BCUT2D eigenvalue weighted by atomic mass is 32.1. The summed E-state index contributed by atoms with van der Waals surface area (Å²) < 4.78 is 6.23. The number of aromatic nitrogens is 1. The summed E-state index contributed by atoms with van der Waals surface area (Å²) in [5.74, 6) is 0.800. The van der Waals surface area contributed by atoms with E-state index in [4.69, 9.17) is 4.74 Å². The van der Waals surface area contributed by atoms with Gasteiger partial charge in [0.15, 0.2) is 0 Å². The number of hydrogen-bond donors (Lipinski definition) is 1. The molecule has 3 rings (SSSR count). The maximum absolute atomic E-state index is 9.76. The molecular weight excluding hydrogens is 336 g/mol. The van der Waals surface area contributed by atoms with Gasteiger partial charge in [-0.05, 0) is 56.3 Å². The number of aliphatic hydroxyl groups is 1. The summed E-state index contributed by atoms with van der Waals surface area (Å²) in [5, 5.41) is 18.8. The van der Waals surface area contributed by atoms with Crippen LogP contribution < -0.4 is 9.64 Å². The first-order chi connectivity index (χ1) is 12.1. The Morgan fingerprint density at radius 1 is 1.20 bits per heavy atom. The molecule has 0 spiro atoms. The van der Waals surface area contributed by atoms with Crippen molar-refractivity contribution in [3.63, 3.8) is 0 Å². The minimum Gasteiger partial charge on any atom is -0.497 e. The number of hydrogen-bond acceptors (Lipinski definition) is 7. The maximum atomic E-state index is 9.76. The third-order valence-corrected chi connectivity index (χ3v) is 4.71. The second-order valence-electron chi connectivity index (χ2n) is 5.46. The zero-order valence-electron chi connectivity index (χ0n) is 14.4. The molecule has 130 valence electrons. The van der Waals surface area contributed by atoms with Gasteiger partial charge in [-0.25, -0.2) is 4.98 Å². The highest BCUT2D eigenvalue weighted by Crippen LogP contribution is 2.32. The van der Waals surface area contributed by atoms with Crippen LogP contribution in [0.3, 0.4) is 0 Å². The van der Waals surface area contributed by atoms with E-state index >= 15 is 0 Å². The van der Waals surface area contributed by atoms with Crippen LogP contribution in [0.2, 0.25) is 0 Å². The zero-order chi connectivity index (χ0) is 17.8. The summed E-state index contributed by atoms with van der Waals surface area (Å²) in [6.45, 7) is 4.48. The number of rotatable bonds is 6. The number of nitrogens with zero attached hydrogens (tertiary/aromatic N) is 4. The van der Waals surface area contributed by atoms with Crippen LogP contribution in [-0.2, 0) is 0 Å². The Morgan fingerprint density at radius 2 is 1.96 bits per heavy atom. The number of thiazole rings is 1. The molecule has 1 aromatic heterocycles. The predicted octanol–water partition coefficient (Wildman–Crippen LogP) is 4.88. The van der Waals surface area contributed by atoms with Gasteiger partial charge in [-0.2, -0.15) is 0 Å². The van der Waals surface area contributed by atoms with Gasteiger partial charge in [0.2, 0.25) is 5.13 Å². The topological polar surface area (TPSA) is 70.3 Å². The van der Waals surface area contributed by atoms with Crippen LogP contribution in [0, 0.1) is 0 Å². The minimum absolute atomic E-state index is 0.530. The third kappa shape index (κ3) is 3.94. The Bertz CT molecular complexity index is 874. The Hall–Kier alpha value is -2.51. The molecule has 0 amide bonds. The van der Waals surface area contributed by atoms with Crippen molar-refractivity contribution < 1.29 is 9.84 Å². The van der Waals surface area contributed by atoms with E-state index in [9.17, 15) is 5.11 Å². The van der Waals surface area contributed by atoms with Crippen LogP contribution in [0.4, 0.5) is 16.5 Å². The summed E-state index contributed by atoms with van der Waals surface area (Å²) in [5.41, 5.74) is 2.57. The van der Waals surface area contributed by atoms with Crippen LogP contribution in [0.1, 0.15) is 13.8 Å². The zero-order valence-corrected chi connectivity index (χ0v) is 15.2. The lowest BCUT2D eigenvalue weighted by Crippen LogP contribution is -2.32. The van der Waals surface area contributed by atoms with Crippen molar-refractivity contribution in [2.45, 2.75) is 20.1 Å². The Kier molecular flexibility index (Phi) is 5.25. The van der Waals surface area contributed by atoms with Gasteiger partial charge in [0.1, 0.15) is 12.0 Å². The van der Waals surface area contributed by atoms with Crippen LogP contribution in [0.25, 0.3) is 10.2 Å². The maximum Gasteiger partial charge on any atom is 0.231 e. The average molecular weight is 356 g/mol. The molecule has 1 N–H and O–H groups in total. The lowest BCUT2D eigenvalue weighted by atomic mass is 10.2. The van der Waals surface area contributed by atoms with Gasteiger partial charge >= 0.3 is 0 Å². The summed E-state index contributed by atoms with van der Waals surface area (Å²) in [4.78, 5) is 6.34. The van der Waals surface area contributed by atoms with E-state index in [2.05, 4.69) is 15.2 Å². The van der Waals surface area contributed by atoms with Crippen LogP contribution in [-0.4, -0.2) is 30.0 Å². The van der Waals surface area contributed by atoms with Crippen molar-refractivity contribution in [1.82, 2.24) is 4.98 Å². The van der Waals surface area contributed by atoms with Crippen LogP contribution in [0.5, 0.6) is 5.75 Å². The van der Waals surface area contributed by atoms with Gasteiger partial charge in [0.25, 0.3) is 0 Å². The van der Waals surface area contributed by atoms with Crippen LogP contribution in [0.15, 0.2) is 52.7 Å². The predicted molar refractivity (Wildman–Crippen MR) is 101 cm³/mol. The third-order valence-electron chi connectivity index (χ3n) is 3.81. The Labute approximate surface area is 150 Å². The molecule has 7 heteroatoms. The lowest BCUT2D eigenvalue weighted by molar-refractivity contribution is 0.190. The first-order valence-corrected chi connectivity index (χ1v) is 8.83. The van der Waals surface area contributed by atoms with E-state index in [1.807, 2.05) is 54.3 Å². The number of anilines is 1. The van der Waals surface area contributed by atoms with Crippen molar-refractivity contribution >= 4 is 38.1 Å². The van der Waals surface area contributed by atoms with E-state index in [0.717, 1.165) is 33.9 Å². The molecular formula is C18H20N4O2S. The summed E-state index contributed by atoms with van der Waals surface area (Å²) in [7, 11) is 1.64. The van der Waals surface area contributed by atoms with Crippen molar-refractivity contribution in [1.29, 1.82) is 0 Å². The van der Waals surface area contributed by atoms with Gasteiger partial charge in [0.05, 0.1) is 23.0 Å². The molecule has 0 aliphatic rings. The molecule has 2 aromatic carbocycles. The SMILES string of the molecule is CCN(c1ccc(/N=N/c2nc3ccc(OC)cc3s2)cc1)C(C)O. The van der Waals surface area contributed by atoms with Crippen molar-refractivity contribution in [2.24, 2.45) is 10.2 Å². The number of ether oxygens (including phenoxy) is 1. The molecule has 0 bridgehead atoms. The molecule has 1 heterocycles. The average Bonchev–Trinajstić information content (AvgIpc) is 3.03. The molecule has 1 unspecified atom stereocenters. The highest BCUT2D eigenvalue weighted by Gasteiger charge is 2.09. The Morgan fingerprint density at radius 3 is 2.60 bits per heavy atom. The first kappa shape index (κ1) is 17.3. The molecule has 0 aliphatic carbocycles. The highest BCUT2D eigenvalue weighted by molar-refractivity contribution is 7.21. The largest absolute Gasteiger partial charge is 0.497 e. The molecule has 0 aliphatic heterocycles. The molecule has 0 radical (unpaired) electrons. The molecule has 0 saturated carbocycles. The first-order valence-electron chi connectivity index (χ1n) is 8.02. The van der Waals surface area contributed by atoms with Gasteiger partial charge in [-0.3, -0.25) is 0 Å². The fourth-order valence-corrected chi connectivity index (χ4v) is 3.35. The van der Waals surface area contributed by atoms with Crippen molar-refractivity contribution in [3.8, 4) is 5.75 Å². The summed E-state index contributed by atoms with van der Waals surface area (Å²) in [6.07, 6.45) is -0.530. The van der Waals surface area contributed by atoms with Gasteiger partial charge in [-0.15, -0.1) is 10.2 Å². The van der Waals surface area contributed by atoms with Crippen molar-refractivity contribution in [2.75, 3.05) is 18.6 Å². The minimum atomic E-state index is -0.530. The molecule has 0 saturated heterocycles. The fourth-order valence-electron chi connectivity index (χ4n) is 2.54. The number of methoxy groups -OCH3 is 1. The monoisotopic (exact) mass is 356 g/mol. The van der Waals surface area contributed by atoms with Gasteiger partial charge in [0, 0.05) is 12.2 Å². The number of benzene rings is 2. The smallest absolute Gasteiger partial charge is 0.231 e. The number of azo groups is 1. The number of fused-ring (bicyclic) bond motifs is 1. The molecule has 25 heavy (non-hydrogen) atoms. The van der Waals surface area contributed by atoms with E-state index in [1.54, 1.807) is 14.0 Å². The molecule has 6 nitrogen and oxygen atoms in total. The molecule has 0 fully saturated rings. The van der Waals surface area contributed by atoms with Crippen LogP contribution >= 0.6 is 11.3 Å². The molecule has 1 atom stereocenters.